The second-order valence-corrected chi connectivity index (χ2v) is 9.71. The molecule has 0 radical (unpaired) electrons. The molecule has 0 aliphatic carbocycles. The maximum atomic E-state index is 12.8. The molecule has 2 saturated heterocycles. The van der Waals surface area contributed by atoms with Gasteiger partial charge in [0.1, 0.15) is 12.3 Å². The minimum atomic E-state index is -0.488. The smallest absolute Gasteiger partial charge is 0.294 e. The van der Waals surface area contributed by atoms with Crippen LogP contribution in [0.25, 0.3) is 6.08 Å². The van der Waals surface area contributed by atoms with Crippen molar-refractivity contribution in [2.24, 2.45) is 0 Å². The van der Waals surface area contributed by atoms with E-state index in [1.165, 1.54) is 19.3 Å². The predicted octanol–water partition coefficient (Wildman–Crippen LogP) is 5.12. The van der Waals surface area contributed by atoms with Gasteiger partial charge in [-0.3, -0.25) is 19.3 Å². The first-order valence-electron chi connectivity index (χ1n) is 10.7. The molecule has 33 heavy (non-hydrogen) atoms. The first-order valence-corrected chi connectivity index (χ1v) is 12.3. The first-order chi connectivity index (χ1) is 15.9. The molecule has 0 aromatic heterocycles. The van der Waals surface area contributed by atoms with Crippen molar-refractivity contribution in [2.75, 3.05) is 37.0 Å². The van der Waals surface area contributed by atoms with Crippen LogP contribution >= 0.6 is 27.7 Å². The lowest BCUT2D eigenvalue weighted by molar-refractivity contribution is -0.127. The van der Waals surface area contributed by atoms with Crippen LogP contribution < -0.4 is 15.0 Å². The van der Waals surface area contributed by atoms with E-state index in [2.05, 4.69) is 26.1 Å². The standard InChI is InChI=1S/C24H24BrN3O4S/c1-32-20-14-19(27-11-3-2-4-12-27)10-5-16(20)13-21-23(30)28(24(31)33-21)15-22(29)26-18-8-6-17(25)7-9-18/h5-10,13-14H,2-4,11-12,15H2,1H3,(H,26,29)/b21-13-. The fraction of sp³-hybridized carbons (Fsp3) is 0.292. The SMILES string of the molecule is COc1cc(N2CCCCC2)ccc1/C=C1\SC(=O)N(CC(=O)Nc2ccc(Br)cc2)C1=O. The average Bonchev–Trinajstić information content (AvgIpc) is 3.08. The number of nitrogens with zero attached hydrogens (tertiary/aromatic N) is 2. The number of hydrogen-bond acceptors (Lipinski definition) is 6. The van der Waals surface area contributed by atoms with Gasteiger partial charge in [0, 0.05) is 40.6 Å². The van der Waals surface area contributed by atoms with E-state index >= 15 is 0 Å². The Kier molecular flexibility index (Phi) is 7.39. The Hall–Kier alpha value is -2.78. The summed E-state index contributed by atoms with van der Waals surface area (Å²) in [5.41, 5.74) is 2.38. The van der Waals surface area contributed by atoms with Crippen molar-refractivity contribution in [3.63, 3.8) is 0 Å². The molecule has 2 fully saturated rings. The van der Waals surface area contributed by atoms with Crippen LogP contribution in [0.3, 0.4) is 0 Å². The van der Waals surface area contributed by atoms with Crippen molar-refractivity contribution in [1.82, 2.24) is 4.90 Å². The van der Waals surface area contributed by atoms with Crippen LogP contribution in [0.4, 0.5) is 16.2 Å². The molecule has 2 heterocycles. The van der Waals surface area contributed by atoms with Crippen LogP contribution in [-0.2, 0) is 9.59 Å². The van der Waals surface area contributed by atoms with Gasteiger partial charge in [-0.1, -0.05) is 15.9 Å². The highest BCUT2D eigenvalue weighted by molar-refractivity contribution is 9.10. The maximum Gasteiger partial charge on any atom is 0.294 e. The molecule has 9 heteroatoms. The molecular formula is C24H24BrN3O4S. The molecule has 2 aliphatic heterocycles. The Morgan fingerprint density at radius 2 is 1.85 bits per heavy atom. The van der Waals surface area contributed by atoms with Gasteiger partial charge >= 0.3 is 0 Å². The molecule has 4 rings (SSSR count). The van der Waals surface area contributed by atoms with E-state index in [1.807, 2.05) is 18.2 Å². The second kappa shape index (κ2) is 10.4. The highest BCUT2D eigenvalue weighted by Gasteiger charge is 2.36. The van der Waals surface area contributed by atoms with Crippen molar-refractivity contribution >= 4 is 62.2 Å². The normalized spacial score (nSPS) is 17.6. The lowest BCUT2D eigenvalue weighted by Crippen LogP contribution is -2.36. The van der Waals surface area contributed by atoms with E-state index in [-0.39, 0.29) is 11.4 Å². The van der Waals surface area contributed by atoms with Crippen molar-refractivity contribution in [3.05, 3.63) is 57.4 Å². The summed E-state index contributed by atoms with van der Waals surface area (Å²) in [7, 11) is 1.59. The fourth-order valence-corrected chi connectivity index (χ4v) is 4.92. The van der Waals surface area contributed by atoms with E-state index in [0.717, 1.165) is 39.9 Å². The van der Waals surface area contributed by atoms with Crippen LogP contribution in [0.1, 0.15) is 24.8 Å². The van der Waals surface area contributed by atoms with Crippen molar-refractivity contribution in [1.29, 1.82) is 0 Å². The summed E-state index contributed by atoms with van der Waals surface area (Å²) in [4.78, 5) is 41.2. The van der Waals surface area contributed by atoms with Gasteiger partial charge in [0.25, 0.3) is 11.1 Å². The Morgan fingerprint density at radius 1 is 1.12 bits per heavy atom. The number of imide groups is 1. The number of amides is 3. The van der Waals surface area contributed by atoms with Gasteiger partial charge < -0.3 is 15.0 Å². The molecule has 2 aliphatic rings. The molecule has 7 nitrogen and oxygen atoms in total. The van der Waals surface area contributed by atoms with E-state index in [1.54, 1.807) is 37.5 Å². The molecule has 0 spiro atoms. The van der Waals surface area contributed by atoms with Crippen LogP contribution in [0.15, 0.2) is 51.8 Å². The highest BCUT2D eigenvalue weighted by atomic mass is 79.9. The summed E-state index contributed by atoms with van der Waals surface area (Å²) in [6.45, 7) is 1.69. The van der Waals surface area contributed by atoms with Gasteiger partial charge in [-0.2, -0.15) is 0 Å². The fourth-order valence-electron chi connectivity index (χ4n) is 3.82. The largest absolute Gasteiger partial charge is 0.496 e. The number of anilines is 2. The summed E-state index contributed by atoms with van der Waals surface area (Å²) in [5, 5.41) is 2.23. The third-order valence-electron chi connectivity index (χ3n) is 5.53. The Labute approximate surface area is 205 Å². The third-order valence-corrected chi connectivity index (χ3v) is 6.96. The van der Waals surface area contributed by atoms with Gasteiger partial charge in [-0.25, -0.2) is 0 Å². The van der Waals surface area contributed by atoms with Crippen LogP contribution in [0, 0.1) is 0 Å². The Bertz CT molecular complexity index is 1100. The summed E-state index contributed by atoms with van der Waals surface area (Å²) in [5.74, 6) is -0.291. The molecule has 0 atom stereocenters. The molecule has 172 valence electrons. The first kappa shape index (κ1) is 23.4. The number of carbonyl (C=O) groups is 3. The minimum absolute atomic E-state index is 0.264. The zero-order chi connectivity index (χ0) is 23.4. The van der Waals surface area contributed by atoms with E-state index in [4.69, 9.17) is 4.74 Å². The van der Waals surface area contributed by atoms with Gasteiger partial charge in [0.15, 0.2) is 0 Å². The van der Waals surface area contributed by atoms with Crippen molar-refractivity contribution < 1.29 is 19.1 Å². The summed E-state index contributed by atoms with van der Waals surface area (Å²) in [6, 6.07) is 12.9. The lowest BCUT2D eigenvalue weighted by atomic mass is 10.1. The quantitative estimate of drug-likeness (QED) is 0.523. The highest BCUT2D eigenvalue weighted by Crippen LogP contribution is 2.35. The molecule has 2 aromatic carbocycles. The molecule has 3 amide bonds. The number of methoxy groups -OCH3 is 1. The van der Waals surface area contributed by atoms with Crippen LogP contribution in [0.5, 0.6) is 5.75 Å². The average molecular weight is 530 g/mol. The van der Waals surface area contributed by atoms with Gasteiger partial charge in [-0.05, 0) is 73.5 Å². The predicted molar refractivity (Wildman–Crippen MR) is 135 cm³/mol. The Balaban J connectivity index is 1.46. The number of rotatable bonds is 6. The second-order valence-electron chi connectivity index (χ2n) is 7.80. The maximum absolute atomic E-state index is 12.8. The zero-order valence-electron chi connectivity index (χ0n) is 18.2. The monoisotopic (exact) mass is 529 g/mol. The van der Waals surface area contributed by atoms with Gasteiger partial charge in [-0.15, -0.1) is 0 Å². The number of nitrogens with one attached hydrogen (secondary N) is 1. The Morgan fingerprint density at radius 3 is 2.55 bits per heavy atom. The molecule has 0 unspecified atom stereocenters. The van der Waals surface area contributed by atoms with E-state index in [0.29, 0.717) is 17.0 Å². The molecule has 2 aromatic rings. The molecular weight excluding hydrogens is 506 g/mol. The number of benzene rings is 2. The van der Waals surface area contributed by atoms with E-state index in [9.17, 15) is 14.4 Å². The topological polar surface area (TPSA) is 79.0 Å². The number of ether oxygens (including phenoxy) is 1. The van der Waals surface area contributed by atoms with Crippen LogP contribution in [-0.4, -0.2) is 48.7 Å². The van der Waals surface area contributed by atoms with Gasteiger partial charge in [0.2, 0.25) is 5.91 Å². The number of carbonyl (C=O) groups excluding carboxylic acids is 3. The van der Waals surface area contributed by atoms with E-state index < -0.39 is 17.1 Å². The van der Waals surface area contributed by atoms with Crippen molar-refractivity contribution in [2.45, 2.75) is 19.3 Å². The number of thioether (sulfide) groups is 1. The number of piperidine rings is 1. The number of hydrogen-bond donors (Lipinski definition) is 1. The molecule has 0 saturated carbocycles. The van der Waals surface area contributed by atoms with Crippen LogP contribution in [0.2, 0.25) is 0 Å². The molecule has 1 N–H and O–H groups in total. The third kappa shape index (κ3) is 5.59. The zero-order valence-corrected chi connectivity index (χ0v) is 20.6. The minimum Gasteiger partial charge on any atom is -0.496 e. The molecule has 0 bridgehead atoms. The number of halogens is 1. The summed E-state index contributed by atoms with van der Waals surface area (Å²) >= 11 is 4.16. The summed E-state index contributed by atoms with van der Waals surface area (Å²) < 4.78 is 6.44. The van der Waals surface area contributed by atoms with Crippen molar-refractivity contribution in [3.8, 4) is 5.75 Å². The lowest BCUT2D eigenvalue weighted by Gasteiger charge is -2.29. The van der Waals surface area contributed by atoms with Gasteiger partial charge in [0.05, 0.1) is 12.0 Å². The summed E-state index contributed by atoms with van der Waals surface area (Å²) in [6.07, 6.45) is 5.25.